The molecule has 0 spiro atoms. The quantitative estimate of drug-likeness (QED) is 0.512. The molecule has 3 amide bonds. The summed E-state index contributed by atoms with van der Waals surface area (Å²) >= 11 is 0. The van der Waals surface area contributed by atoms with Crippen molar-refractivity contribution in [1.29, 1.82) is 0 Å². The van der Waals surface area contributed by atoms with Crippen molar-refractivity contribution in [3.63, 3.8) is 0 Å². The zero-order valence-electron chi connectivity index (χ0n) is 18.0. The monoisotopic (exact) mass is 427 g/mol. The second-order valence-electron chi connectivity index (χ2n) is 8.19. The minimum atomic E-state index is -0.270. The van der Waals surface area contributed by atoms with E-state index in [4.69, 9.17) is 0 Å². The van der Waals surface area contributed by atoms with Gasteiger partial charge in [0.1, 0.15) is 0 Å². The van der Waals surface area contributed by atoms with E-state index in [-0.39, 0.29) is 23.6 Å². The Labute approximate surface area is 187 Å². The third-order valence-corrected chi connectivity index (χ3v) is 5.64. The predicted molar refractivity (Wildman–Crippen MR) is 126 cm³/mol. The Bertz CT molecular complexity index is 1160. The van der Waals surface area contributed by atoms with Crippen LogP contribution >= 0.6 is 0 Å². The summed E-state index contributed by atoms with van der Waals surface area (Å²) in [5.41, 5.74) is 3.78. The third kappa shape index (κ3) is 5.03. The Hall–Kier alpha value is -3.93. The smallest absolute Gasteiger partial charge is 0.255 e. The molecule has 4 rings (SSSR count). The van der Waals surface area contributed by atoms with Crippen LogP contribution in [0.4, 0.5) is 17.1 Å². The maximum Gasteiger partial charge on any atom is 0.255 e. The summed E-state index contributed by atoms with van der Waals surface area (Å²) in [5.74, 6) is 0.0742. The van der Waals surface area contributed by atoms with Crippen molar-refractivity contribution in [2.24, 2.45) is 11.8 Å². The predicted octanol–water partition coefficient (Wildman–Crippen LogP) is 5.09. The maximum absolute atomic E-state index is 12.7. The van der Waals surface area contributed by atoms with Gasteiger partial charge in [-0.05, 0) is 73.4 Å². The summed E-state index contributed by atoms with van der Waals surface area (Å²) < 4.78 is 0. The highest BCUT2D eigenvalue weighted by Gasteiger charge is 2.39. The first-order chi connectivity index (χ1) is 15.4. The fourth-order valence-electron chi connectivity index (χ4n) is 3.45. The molecular formula is C26H25N3O3. The molecule has 0 radical (unpaired) electrons. The second kappa shape index (κ2) is 9.06. The number of anilines is 3. The van der Waals surface area contributed by atoms with Gasteiger partial charge in [0.2, 0.25) is 5.91 Å². The molecule has 6 heteroatoms. The molecule has 1 saturated carbocycles. The average Bonchev–Trinajstić information content (AvgIpc) is 3.54. The van der Waals surface area contributed by atoms with Crippen molar-refractivity contribution in [2.75, 3.05) is 16.0 Å². The Morgan fingerprint density at radius 2 is 1.34 bits per heavy atom. The molecule has 6 nitrogen and oxygen atoms in total. The van der Waals surface area contributed by atoms with Crippen LogP contribution in [0.15, 0.2) is 72.8 Å². The molecule has 0 heterocycles. The number of carbonyl (C=O) groups is 3. The molecule has 3 aromatic rings. The van der Waals surface area contributed by atoms with Gasteiger partial charge >= 0.3 is 0 Å². The lowest BCUT2D eigenvalue weighted by Gasteiger charge is -2.12. The molecule has 1 fully saturated rings. The molecule has 1 aliphatic rings. The lowest BCUT2D eigenvalue weighted by molar-refractivity contribution is -0.117. The molecule has 3 aromatic carbocycles. The minimum absolute atomic E-state index is 0.0275. The summed E-state index contributed by atoms with van der Waals surface area (Å²) in [6, 6.07) is 21.1. The molecule has 3 N–H and O–H groups in total. The van der Waals surface area contributed by atoms with Gasteiger partial charge < -0.3 is 16.0 Å². The van der Waals surface area contributed by atoms with E-state index in [2.05, 4.69) is 22.9 Å². The molecule has 0 bridgehead atoms. The lowest BCUT2D eigenvalue weighted by Crippen LogP contribution is -2.16. The van der Waals surface area contributed by atoms with Gasteiger partial charge in [0.05, 0.1) is 0 Å². The second-order valence-corrected chi connectivity index (χ2v) is 8.19. The van der Waals surface area contributed by atoms with Crippen molar-refractivity contribution in [2.45, 2.75) is 20.3 Å². The van der Waals surface area contributed by atoms with Gasteiger partial charge in [-0.2, -0.15) is 0 Å². The highest BCUT2D eigenvalue weighted by atomic mass is 16.2. The third-order valence-electron chi connectivity index (χ3n) is 5.64. The van der Waals surface area contributed by atoms with Gasteiger partial charge in [-0.1, -0.05) is 31.2 Å². The fraction of sp³-hybridized carbons (Fsp3) is 0.192. The van der Waals surface area contributed by atoms with E-state index in [1.807, 2.05) is 19.1 Å². The van der Waals surface area contributed by atoms with Crippen molar-refractivity contribution >= 4 is 34.8 Å². The van der Waals surface area contributed by atoms with Crippen LogP contribution in [0.5, 0.6) is 0 Å². The van der Waals surface area contributed by atoms with Gasteiger partial charge in [0.15, 0.2) is 0 Å². The summed E-state index contributed by atoms with van der Waals surface area (Å²) in [5, 5.41) is 8.64. The Morgan fingerprint density at radius 1 is 0.750 bits per heavy atom. The topological polar surface area (TPSA) is 87.3 Å². The van der Waals surface area contributed by atoms with E-state index < -0.39 is 0 Å². The molecule has 0 saturated heterocycles. The number of benzene rings is 3. The first-order valence-electron chi connectivity index (χ1n) is 10.6. The minimum Gasteiger partial charge on any atom is -0.326 e. The van der Waals surface area contributed by atoms with Crippen LogP contribution < -0.4 is 16.0 Å². The van der Waals surface area contributed by atoms with E-state index in [0.29, 0.717) is 34.1 Å². The first-order valence-corrected chi connectivity index (χ1v) is 10.6. The fourth-order valence-corrected chi connectivity index (χ4v) is 3.45. The van der Waals surface area contributed by atoms with Crippen LogP contribution in [-0.2, 0) is 4.79 Å². The van der Waals surface area contributed by atoms with E-state index in [1.165, 1.54) is 0 Å². The zero-order valence-corrected chi connectivity index (χ0v) is 18.0. The van der Waals surface area contributed by atoms with Crippen LogP contribution in [0.2, 0.25) is 0 Å². The number of nitrogens with one attached hydrogen (secondary N) is 3. The van der Waals surface area contributed by atoms with Crippen molar-refractivity contribution in [3.8, 4) is 0 Å². The SMILES string of the molecule is Cc1ccc(NC(=O)c2ccccc2)cc1NC(=O)c1ccc(NC(=O)[C@@H]2C[C@H]2C)cc1. The van der Waals surface area contributed by atoms with Gasteiger partial charge in [-0.15, -0.1) is 0 Å². The maximum atomic E-state index is 12.7. The normalized spacial score (nSPS) is 16.7. The van der Waals surface area contributed by atoms with E-state index in [9.17, 15) is 14.4 Å². The number of aryl methyl sites for hydroxylation is 1. The summed E-state index contributed by atoms with van der Waals surface area (Å²) in [4.78, 5) is 37.2. The number of amides is 3. The van der Waals surface area contributed by atoms with Crippen LogP contribution in [0, 0.1) is 18.8 Å². The average molecular weight is 428 g/mol. The number of hydrogen-bond acceptors (Lipinski definition) is 3. The van der Waals surface area contributed by atoms with Crippen LogP contribution in [0.3, 0.4) is 0 Å². The molecule has 32 heavy (non-hydrogen) atoms. The van der Waals surface area contributed by atoms with Crippen molar-refractivity contribution in [1.82, 2.24) is 0 Å². The standard InChI is InChI=1S/C26H25N3O3/c1-16-8-11-21(28-24(30)18-6-4-3-5-7-18)15-23(16)29-25(31)19-9-12-20(13-10-19)27-26(32)22-14-17(22)2/h3-13,15,17,22H,14H2,1-2H3,(H,27,32)(H,28,30)(H,29,31)/t17-,22-/m1/s1. The van der Waals surface area contributed by atoms with Crippen molar-refractivity contribution < 1.29 is 14.4 Å². The lowest BCUT2D eigenvalue weighted by atomic mass is 10.1. The Balaban J connectivity index is 1.40. The molecule has 0 aliphatic heterocycles. The summed E-state index contributed by atoms with van der Waals surface area (Å²) in [6.07, 6.45) is 0.927. The van der Waals surface area contributed by atoms with Crippen molar-refractivity contribution in [3.05, 3.63) is 89.5 Å². The Kier molecular flexibility index (Phi) is 6.03. The molecule has 2 atom stereocenters. The molecule has 0 aromatic heterocycles. The van der Waals surface area contributed by atoms with E-state index in [1.54, 1.807) is 60.7 Å². The van der Waals surface area contributed by atoms with E-state index in [0.717, 1.165) is 12.0 Å². The number of carbonyl (C=O) groups excluding carboxylic acids is 3. The summed E-state index contributed by atoms with van der Waals surface area (Å²) in [7, 11) is 0. The van der Waals surface area contributed by atoms with Gasteiger partial charge in [-0.3, -0.25) is 14.4 Å². The molecule has 0 unspecified atom stereocenters. The van der Waals surface area contributed by atoms with Crippen LogP contribution in [0.25, 0.3) is 0 Å². The number of rotatable bonds is 6. The Morgan fingerprint density at radius 3 is 2.00 bits per heavy atom. The van der Waals surface area contributed by atoms with E-state index >= 15 is 0 Å². The molecular weight excluding hydrogens is 402 g/mol. The number of hydrogen-bond donors (Lipinski definition) is 3. The largest absolute Gasteiger partial charge is 0.326 e. The first kappa shape index (κ1) is 21.3. The van der Waals surface area contributed by atoms with Gasteiger partial charge in [0.25, 0.3) is 11.8 Å². The molecule has 1 aliphatic carbocycles. The summed E-state index contributed by atoms with van der Waals surface area (Å²) in [6.45, 7) is 3.94. The van der Waals surface area contributed by atoms with Crippen LogP contribution in [0.1, 0.15) is 39.6 Å². The molecule has 162 valence electrons. The highest BCUT2D eigenvalue weighted by molar-refractivity contribution is 6.07. The highest BCUT2D eigenvalue weighted by Crippen LogP contribution is 2.38. The van der Waals surface area contributed by atoms with Gasteiger partial charge in [0, 0.05) is 34.1 Å². The van der Waals surface area contributed by atoms with Crippen LogP contribution in [-0.4, -0.2) is 17.7 Å². The van der Waals surface area contributed by atoms with Gasteiger partial charge in [-0.25, -0.2) is 0 Å². The zero-order chi connectivity index (χ0) is 22.7.